The van der Waals surface area contributed by atoms with Crippen LogP contribution < -0.4 is 9.47 Å². The summed E-state index contributed by atoms with van der Waals surface area (Å²) in [4.78, 5) is 13.6. The normalized spacial score (nSPS) is 18.1. The fourth-order valence-electron chi connectivity index (χ4n) is 4.68. The molecule has 0 spiro atoms. The van der Waals surface area contributed by atoms with Crippen molar-refractivity contribution >= 4 is 14.3 Å². The summed E-state index contributed by atoms with van der Waals surface area (Å²) in [6.07, 6.45) is 1.66. The van der Waals surface area contributed by atoms with Gasteiger partial charge in [0, 0.05) is 6.07 Å². The van der Waals surface area contributed by atoms with E-state index in [1.54, 1.807) is 14.2 Å². The van der Waals surface area contributed by atoms with E-state index in [1.165, 1.54) is 11.1 Å². The van der Waals surface area contributed by atoms with Gasteiger partial charge in [0.1, 0.15) is 11.5 Å². The van der Waals surface area contributed by atoms with E-state index in [-0.39, 0.29) is 17.1 Å². The van der Waals surface area contributed by atoms with Crippen LogP contribution in [0.5, 0.6) is 11.5 Å². The first-order valence-electron chi connectivity index (χ1n) is 12.6. The summed E-state index contributed by atoms with van der Waals surface area (Å²) in [5, 5.41) is 0.0603. The highest BCUT2D eigenvalue weighted by molar-refractivity contribution is 6.74. The van der Waals surface area contributed by atoms with Gasteiger partial charge in [-0.2, -0.15) is 0 Å². The Bertz CT molecular complexity index is 1060. The standard InChI is InChI=1S/C29H42O5Si/c1-11-33-28(30)27-24(20-15-21(31-7)17-22(16-20)32-8)14-19(3)23-12-18(2)13-25(26(23)27)34-35(9,10)29(4,5)6/h14-18,25H,11-13H2,1-10H3/t18-,25+/m1/s1. The number of carbonyl (C=O) groups is 1. The minimum absolute atomic E-state index is 0.0603. The Hall–Kier alpha value is -2.31. The molecule has 0 unspecified atom stereocenters. The summed E-state index contributed by atoms with van der Waals surface area (Å²) >= 11 is 0. The number of aryl methyl sites for hydroxylation is 1. The highest BCUT2D eigenvalue weighted by Gasteiger charge is 2.42. The molecule has 0 bridgehead atoms. The molecule has 0 heterocycles. The molecule has 1 aliphatic carbocycles. The van der Waals surface area contributed by atoms with E-state index in [4.69, 9.17) is 18.6 Å². The van der Waals surface area contributed by atoms with Gasteiger partial charge in [-0.15, -0.1) is 0 Å². The second kappa shape index (κ2) is 10.4. The van der Waals surface area contributed by atoms with Crippen LogP contribution in [0.1, 0.15) is 74.2 Å². The van der Waals surface area contributed by atoms with Crippen molar-refractivity contribution < 1.29 is 23.4 Å². The second-order valence-electron chi connectivity index (χ2n) is 11.2. The molecule has 2 atom stereocenters. The third kappa shape index (κ3) is 5.59. The molecule has 0 amide bonds. The van der Waals surface area contributed by atoms with Crippen molar-refractivity contribution in [1.82, 2.24) is 0 Å². The zero-order chi connectivity index (χ0) is 26.1. The molecule has 0 N–H and O–H groups in total. The fourth-order valence-corrected chi connectivity index (χ4v) is 5.96. The average Bonchev–Trinajstić information content (AvgIpc) is 2.78. The third-order valence-electron chi connectivity index (χ3n) is 7.58. The smallest absolute Gasteiger partial charge is 0.339 e. The number of esters is 1. The lowest BCUT2D eigenvalue weighted by Crippen LogP contribution is -2.43. The summed E-state index contributed by atoms with van der Waals surface area (Å²) in [5.74, 6) is 1.51. The van der Waals surface area contributed by atoms with E-state index in [9.17, 15) is 4.79 Å². The molecule has 0 radical (unpaired) electrons. The first kappa shape index (κ1) is 27.3. The minimum atomic E-state index is -2.10. The van der Waals surface area contributed by atoms with Crippen molar-refractivity contribution in [2.45, 2.75) is 78.6 Å². The van der Waals surface area contributed by atoms with Crippen LogP contribution in [0.3, 0.4) is 0 Å². The number of hydrogen-bond donors (Lipinski definition) is 0. The van der Waals surface area contributed by atoms with Gasteiger partial charge in [-0.25, -0.2) is 4.79 Å². The molecule has 192 valence electrons. The lowest BCUT2D eigenvalue weighted by Gasteiger charge is -2.43. The summed E-state index contributed by atoms with van der Waals surface area (Å²) < 4.78 is 23.7. The van der Waals surface area contributed by atoms with E-state index >= 15 is 0 Å². The lowest BCUT2D eigenvalue weighted by molar-refractivity contribution is 0.0517. The number of carbonyl (C=O) groups excluding carboxylic acids is 1. The van der Waals surface area contributed by atoms with Crippen molar-refractivity contribution in [3.63, 3.8) is 0 Å². The summed E-state index contributed by atoms with van der Waals surface area (Å²) in [5.41, 5.74) is 5.69. The monoisotopic (exact) mass is 498 g/mol. The minimum Gasteiger partial charge on any atom is -0.497 e. The number of methoxy groups -OCH3 is 2. The molecule has 35 heavy (non-hydrogen) atoms. The molecule has 0 aromatic heterocycles. The predicted molar refractivity (Wildman–Crippen MR) is 144 cm³/mol. The SMILES string of the molecule is CCOC(=O)c1c(-c2cc(OC)cc(OC)c2)cc(C)c2c1[C@@H](O[Si](C)(C)C(C)(C)C)C[C@H](C)C2. The molecule has 2 aromatic rings. The summed E-state index contributed by atoms with van der Waals surface area (Å²) in [6, 6.07) is 7.84. The molecule has 6 heteroatoms. The largest absolute Gasteiger partial charge is 0.497 e. The van der Waals surface area contributed by atoms with Crippen molar-refractivity contribution in [3.8, 4) is 22.6 Å². The van der Waals surface area contributed by atoms with Crippen molar-refractivity contribution in [1.29, 1.82) is 0 Å². The Morgan fingerprint density at radius 1 is 1.06 bits per heavy atom. The van der Waals surface area contributed by atoms with E-state index in [2.05, 4.69) is 53.8 Å². The Morgan fingerprint density at radius 3 is 2.17 bits per heavy atom. The summed E-state index contributed by atoms with van der Waals surface area (Å²) in [6.45, 7) is 17.9. The molecular weight excluding hydrogens is 456 g/mol. The maximum atomic E-state index is 13.6. The van der Waals surface area contributed by atoms with Crippen LogP contribution in [0.4, 0.5) is 0 Å². The van der Waals surface area contributed by atoms with Gasteiger partial charge in [-0.05, 0) is 90.7 Å². The molecule has 2 aromatic carbocycles. The van der Waals surface area contributed by atoms with Crippen molar-refractivity contribution in [2.24, 2.45) is 5.92 Å². The van der Waals surface area contributed by atoms with Crippen LogP contribution in [0.2, 0.25) is 18.1 Å². The summed E-state index contributed by atoms with van der Waals surface area (Å²) in [7, 11) is 1.16. The molecule has 0 aliphatic heterocycles. The topological polar surface area (TPSA) is 54.0 Å². The Kier molecular flexibility index (Phi) is 8.07. The van der Waals surface area contributed by atoms with Gasteiger partial charge < -0.3 is 18.6 Å². The van der Waals surface area contributed by atoms with Crippen LogP contribution in [0, 0.1) is 12.8 Å². The number of ether oxygens (including phenoxy) is 3. The quantitative estimate of drug-likeness (QED) is 0.292. The van der Waals surface area contributed by atoms with E-state index in [0.29, 0.717) is 29.6 Å². The highest BCUT2D eigenvalue weighted by Crippen LogP contribution is 2.48. The number of rotatable bonds is 7. The zero-order valence-corrected chi connectivity index (χ0v) is 24.1. The van der Waals surface area contributed by atoms with Crippen molar-refractivity contribution in [2.75, 3.05) is 20.8 Å². The van der Waals surface area contributed by atoms with Gasteiger partial charge in [0.25, 0.3) is 0 Å². The Balaban J connectivity index is 2.33. The van der Waals surface area contributed by atoms with Crippen LogP contribution in [0.15, 0.2) is 24.3 Å². The molecule has 0 fully saturated rings. The number of fused-ring (bicyclic) bond motifs is 1. The fraction of sp³-hybridized carbons (Fsp3) is 0.552. The van der Waals surface area contributed by atoms with Crippen LogP contribution in [-0.2, 0) is 15.6 Å². The second-order valence-corrected chi connectivity index (χ2v) is 16.0. The van der Waals surface area contributed by atoms with Crippen LogP contribution in [-0.4, -0.2) is 35.1 Å². The maximum absolute atomic E-state index is 13.6. The van der Waals surface area contributed by atoms with E-state index in [0.717, 1.165) is 29.5 Å². The van der Waals surface area contributed by atoms with Gasteiger partial charge in [-0.3, -0.25) is 0 Å². The number of hydrogen-bond acceptors (Lipinski definition) is 5. The predicted octanol–water partition coefficient (Wildman–Crippen LogP) is 7.50. The zero-order valence-electron chi connectivity index (χ0n) is 23.1. The van der Waals surface area contributed by atoms with Gasteiger partial charge in [0.05, 0.1) is 32.5 Å². The van der Waals surface area contributed by atoms with E-state index in [1.807, 2.05) is 25.1 Å². The Morgan fingerprint density at radius 2 is 1.66 bits per heavy atom. The first-order valence-corrected chi connectivity index (χ1v) is 15.5. The van der Waals surface area contributed by atoms with Crippen molar-refractivity contribution in [3.05, 3.63) is 46.5 Å². The Labute approximate surface area is 212 Å². The van der Waals surface area contributed by atoms with Crippen LogP contribution >= 0.6 is 0 Å². The van der Waals surface area contributed by atoms with Gasteiger partial charge in [0.15, 0.2) is 8.32 Å². The molecule has 0 saturated carbocycles. The van der Waals surface area contributed by atoms with Gasteiger partial charge >= 0.3 is 5.97 Å². The lowest BCUT2D eigenvalue weighted by atomic mass is 9.76. The molecule has 0 saturated heterocycles. The maximum Gasteiger partial charge on any atom is 0.339 e. The molecule has 5 nitrogen and oxygen atoms in total. The van der Waals surface area contributed by atoms with Gasteiger partial charge in [-0.1, -0.05) is 33.8 Å². The highest BCUT2D eigenvalue weighted by atomic mass is 28.4. The van der Waals surface area contributed by atoms with Gasteiger partial charge in [0.2, 0.25) is 0 Å². The number of benzene rings is 2. The first-order chi connectivity index (χ1) is 16.3. The molecule has 3 rings (SSSR count). The average molecular weight is 499 g/mol. The third-order valence-corrected chi connectivity index (χ3v) is 12.1. The molecular formula is C29H42O5Si. The van der Waals surface area contributed by atoms with Crippen LogP contribution in [0.25, 0.3) is 11.1 Å². The molecule has 1 aliphatic rings. The van der Waals surface area contributed by atoms with E-state index < -0.39 is 8.32 Å².